The lowest BCUT2D eigenvalue weighted by Gasteiger charge is -2.73. The molecule has 4 fully saturated rings. The molecule has 0 aliphatic heterocycles. The van der Waals surface area contributed by atoms with E-state index in [1.54, 1.807) is 5.57 Å². The van der Waals surface area contributed by atoms with E-state index >= 15 is 0 Å². The summed E-state index contributed by atoms with van der Waals surface area (Å²) in [6.07, 6.45) is 14.1. The maximum atomic E-state index is 12.9. The summed E-state index contributed by atoms with van der Waals surface area (Å²) in [7, 11) is 0. The van der Waals surface area contributed by atoms with Crippen LogP contribution in [-0.4, -0.2) is 5.78 Å². The largest absolute Gasteiger partial charge is 0.299 e. The van der Waals surface area contributed by atoms with Crippen LogP contribution in [0.5, 0.6) is 0 Å². The molecule has 5 rings (SSSR count). The summed E-state index contributed by atoms with van der Waals surface area (Å²) < 4.78 is 0. The van der Waals surface area contributed by atoms with Gasteiger partial charge in [0.15, 0.2) is 0 Å². The minimum Gasteiger partial charge on any atom is -0.299 e. The van der Waals surface area contributed by atoms with Crippen molar-refractivity contribution in [3.63, 3.8) is 0 Å². The molecule has 0 saturated heterocycles. The van der Waals surface area contributed by atoms with Gasteiger partial charge >= 0.3 is 0 Å². The Labute approximate surface area is 192 Å². The van der Waals surface area contributed by atoms with Crippen molar-refractivity contribution in [3.05, 3.63) is 11.6 Å². The quantitative estimate of drug-likeness (QED) is 0.358. The average molecular weight is 425 g/mol. The molecule has 5 aliphatic carbocycles. The fraction of sp³-hybridized carbons (Fsp3) is 0.900. The highest BCUT2D eigenvalue weighted by Gasteiger charge is 2.69. The van der Waals surface area contributed by atoms with Crippen molar-refractivity contribution in [2.24, 2.45) is 56.7 Å². The third-order valence-electron chi connectivity index (χ3n) is 13.3. The van der Waals surface area contributed by atoms with E-state index in [1.165, 1.54) is 44.9 Å². The maximum absolute atomic E-state index is 12.9. The number of Topliss-reactive ketones (excluding diaryl/α,β-unsaturated/α-hetero) is 1. The third kappa shape index (κ3) is 2.59. The first-order valence-electron chi connectivity index (χ1n) is 13.5. The van der Waals surface area contributed by atoms with Crippen LogP contribution in [0.15, 0.2) is 11.6 Å². The van der Waals surface area contributed by atoms with Crippen molar-refractivity contribution in [3.8, 4) is 0 Å². The number of allylic oxidation sites excluding steroid dienone is 2. The summed E-state index contributed by atoms with van der Waals surface area (Å²) in [5.41, 5.74) is 3.25. The van der Waals surface area contributed by atoms with E-state index in [-0.39, 0.29) is 5.41 Å². The number of carbonyl (C=O) groups is 1. The fourth-order valence-corrected chi connectivity index (χ4v) is 11.1. The normalized spacial score (nSPS) is 55.9. The second-order valence-corrected chi connectivity index (χ2v) is 14.4. The molecular weight excluding hydrogens is 376 g/mol. The molecule has 0 radical (unpaired) electrons. The molecule has 0 spiro atoms. The van der Waals surface area contributed by atoms with E-state index in [4.69, 9.17) is 0 Å². The van der Waals surface area contributed by atoms with Crippen molar-refractivity contribution in [2.45, 2.75) is 113 Å². The molecule has 0 aromatic carbocycles. The van der Waals surface area contributed by atoms with Gasteiger partial charge in [0.2, 0.25) is 0 Å². The van der Waals surface area contributed by atoms with Crippen molar-refractivity contribution >= 4 is 5.78 Å². The molecule has 0 aromatic rings. The summed E-state index contributed by atoms with van der Waals surface area (Å²) in [6, 6.07) is 0. The lowest BCUT2D eigenvalue weighted by molar-refractivity contribution is -0.237. The van der Waals surface area contributed by atoms with Crippen molar-refractivity contribution < 1.29 is 4.79 Å². The molecule has 1 heteroatoms. The van der Waals surface area contributed by atoms with Crippen molar-refractivity contribution in [1.29, 1.82) is 0 Å². The molecule has 9 unspecified atom stereocenters. The number of ketones is 1. The van der Waals surface area contributed by atoms with Crippen molar-refractivity contribution in [2.75, 3.05) is 0 Å². The Bertz CT molecular complexity index is 820. The van der Waals surface area contributed by atoms with Gasteiger partial charge in [-0.3, -0.25) is 4.79 Å². The van der Waals surface area contributed by atoms with Crippen molar-refractivity contribution in [1.82, 2.24) is 0 Å². The zero-order valence-corrected chi connectivity index (χ0v) is 21.7. The highest BCUT2D eigenvalue weighted by atomic mass is 16.1. The molecule has 0 bridgehead atoms. The molecule has 31 heavy (non-hydrogen) atoms. The molecule has 0 N–H and O–H groups in total. The minimum absolute atomic E-state index is 0.128. The van der Waals surface area contributed by atoms with Gasteiger partial charge in [0, 0.05) is 11.8 Å². The topological polar surface area (TPSA) is 17.1 Å². The Morgan fingerprint density at radius 1 is 0.839 bits per heavy atom. The fourth-order valence-electron chi connectivity index (χ4n) is 11.1. The van der Waals surface area contributed by atoms with Crippen LogP contribution in [-0.2, 0) is 4.79 Å². The van der Waals surface area contributed by atoms with E-state index < -0.39 is 0 Å². The molecule has 174 valence electrons. The Balaban J connectivity index is 1.55. The predicted octanol–water partition coefficient (Wildman–Crippen LogP) is 8.23. The van der Waals surface area contributed by atoms with Gasteiger partial charge in [-0.2, -0.15) is 0 Å². The molecule has 4 saturated carbocycles. The van der Waals surface area contributed by atoms with Gasteiger partial charge in [-0.25, -0.2) is 0 Å². The van der Waals surface area contributed by atoms with Gasteiger partial charge in [0.25, 0.3) is 0 Å². The standard InChI is InChI=1S/C30H48O/c1-19-11-14-27(5)17-18-29(7)21(25(27)20(19)2)9-10-23-28(6)15-13-24(31)26(3,4)22(28)12-16-30(23,29)8/h11,20-23,25H,9-10,12-18H2,1-8H3. The smallest absolute Gasteiger partial charge is 0.138 e. The van der Waals surface area contributed by atoms with Crippen LogP contribution < -0.4 is 0 Å². The highest BCUT2D eigenvalue weighted by molar-refractivity contribution is 5.85. The zero-order chi connectivity index (χ0) is 22.6. The second kappa shape index (κ2) is 6.50. The predicted molar refractivity (Wildman–Crippen MR) is 130 cm³/mol. The van der Waals surface area contributed by atoms with Crippen LogP contribution in [0.2, 0.25) is 0 Å². The summed E-state index contributed by atoms with van der Waals surface area (Å²) in [5.74, 6) is 4.35. The Hall–Kier alpha value is -0.590. The third-order valence-corrected chi connectivity index (χ3v) is 13.3. The van der Waals surface area contributed by atoms with Gasteiger partial charge in [-0.1, -0.05) is 60.1 Å². The first-order chi connectivity index (χ1) is 14.3. The summed E-state index contributed by atoms with van der Waals surface area (Å²) >= 11 is 0. The molecule has 0 amide bonds. The van der Waals surface area contributed by atoms with Gasteiger partial charge in [-0.05, 0) is 110 Å². The average Bonchev–Trinajstić information content (AvgIpc) is 2.69. The van der Waals surface area contributed by atoms with Crippen LogP contribution in [0.1, 0.15) is 113 Å². The second-order valence-electron chi connectivity index (χ2n) is 14.4. The summed E-state index contributed by atoms with van der Waals surface area (Å²) in [5, 5.41) is 0. The lowest BCUT2D eigenvalue weighted by atomic mass is 9.31. The maximum Gasteiger partial charge on any atom is 0.138 e. The Morgan fingerprint density at radius 3 is 2.26 bits per heavy atom. The summed E-state index contributed by atoms with van der Waals surface area (Å²) in [6.45, 7) is 20.2. The first-order valence-corrected chi connectivity index (χ1v) is 13.5. The minimum atomic E-state index is -0.128. The molecular formula is C30H48O. The number of hydrogen-bond donors (Lipinski definition) is 0. The molecule has 0 aromatic heterocycles. The number of hydrogen-bond acceptors (Lipinski definition) is 1. The van der Waals surface area contributed by atoms with Gasteiger partial charge < -0.3 is 0 Å². The number of rotatable bonds is 0. The zero-order valence-electron chi connectivity index (χ0n) is 21.7. The monoisotopic (exact) mass is 424 g/mol. The van der Waals surface area contributed by atoms with Gasteiger partial charge in [0.1, 0.15) is 5.78 Å². The van der Waals surface area contributed by atoms with E-state index in [1.807, 2.05) is 0 Å². The number of carbonyl (C=O) groups excluding carboxylic acids is 1. The van der Waals surface area contributed by atoms with Gasteiger partial charge in [0.05, 0.1) is 0 Å². The lowest BCUT2D eigenvalue weighted by Crippen LogP contribution is -2.66. The van der Waals surface area contributed by atoms with Crippen LogP contribution in [0.4, 0.5) is 0 Å². The first kappa shape index (κ1) is 22.2. The Kier molecular flexibility index (Phi) is 4.66. The van der Waals surface area contributed by atoms with E-state index in [0.717, 1.165) is 36.5 Å². The van der Waals surface area contributed by atoms with Gasteiger partial charge in [-0.15, -0.1) is 0 Å². The van der Waals surface area contributed by atoms with E-state index in [0.29, 0.717) is 33.4 Å². The van der Waals surface area contributed by atoms with Crippen LogP contribution in [0.25, 0.3) is 0 Å². The molecule has 9 atom stereocenters. The van der Waals surface area contributed by atoms with Crippen LogP contribution in [0.3, 0.4) is 0 Å². The van der Waals surface area contributed by atoms with Crippen LogP contribution >= 0.6 is 0 Å². The molecule has 5 aliphatic rings. The summed E-state index contributed by atoms with van der Waals surface area (Å²) in [4.78, 5) is 12.9. The van der Waals surface area contributed by atoms with E-state index in [9.17, 15) is 4.79 Å². The Morgan fingerprint density at radius 2 is 1.55 bits per heavy atom. The highest BCUT2D eigenvalue weighted by Crippen LogP contribution is 2.76. The molecule has 1 nitrogen and oxygen atoms in total. The molecule has 0 heterocycles. The number of fused-ring (bicyclic) bond motifs is 7. The SMILES string of the molecule is CC1=CCC2(C)CCC3(C)C(CCC4C5(C)CCC(=O)C(C)(C)C5CCC43C)C2C1C. The van der Waals surface area contributed by atoms with E-state index in [2.05, 4.69) is 61.5 Å². The van der Waals surface area contributed by atoms with Crippen LogP contribution in [0, 0.1) is 56.7 Å².